The molecule has 0 aliphatic carbocycles. The number of hydrogen-bond acceptors (Lipinski definition) is 2. The van der Waals surface area contributed by atoms with E-state index in [1.165, 1.54) is 0 Å². The second kappa shape index (κ2) is 6.94. The summed E-state index contributed by atoms with van der Waals surface area (Å²) in [6.07, 6.45) is 0.471. The highest BCUT2D eigenvalue weighted by molar-refractivity contribution is 6.20. The van der Waals surface area contributed by atoms with Gasteiger partial charge in [0.25, 0.3) is 0 Å². The summed E-state index contributed by atoms with van der Waals surface area (Å²) in [7, 11) is 0. The summed E-state index contributed by atoms with van der Waals surface area (Å²) in [6, 6.07) is 7.94. The maximum atomic E-state index is 12.2. The third-order valence-corrected chi connectivity index (χ3v) is 3.90. The van der Waals surface area contributed by atoms with E-state index in [0.717, 1.165) is 29.9 Å². The van der Waals surface area contributed by atoms with Crippen LogP contribution >= 0.6 is 11.6 Å². The van der Waals surface area contributed by atoms with E-state index in [-0.39, 0.29) is 11.3 Å². The zero-order valence-corrected chi connectivity index (χ0v) is 13.6. The molecule has 0 N–H and O–H groups in total. The molecule has 0 spiro atoms. The number of aryl methyl sites for hydroxylation is 1. The molecule has 0 aliphatic rings. The number of rotatable bonds is 6. The van der Waals surface area contributed by atoms with Crippen molar-refractivity contribution in [2.75, 3.05) is 13.1 Å². The quantitative estimate of drug-likeness (QED) is 0.765. The molecule has 0 aliphatic heterocycles. The standard InChI is InChI=1S/C16H22ClN3O/c1-4-19(5-2)15(21)10-11-20-14-9-7-6-8-13(14)18-16(20)12(3)17/h6-9,12H,4-5,10-11H2,1-3H3. The summed E-state index contributed by atoms with van der Waals surface area (Å²) in [4.78, 5) is 18.6. The van der Waals surface area contributed by atoms with Crippen LogP contribution in [0.2, 0.25) is 0 Å². The Morgan fingerprint density at radius 2 is 2.00 bits per heavy atom. The minimum atomic E-state index is -0.180. The van der Waals surface area contributed by atoms with Crippen LogP contribution in [0.3, 0.4) is 0 Å². The summed E-state index contributed by atoms with van der Waals surface area (Å²) in [5.41, 5.74) is 1.96. The molecular formula is C16H22ClN3O. The van der Waals surface area contributed by atoms with Gasteiger partial charge in [0.1, 0.15) is 5.82 Å². The first-order valence-electron chi connectivity index (χ1n) is 7.45. The van der Waals surface area contributed by atoms with Crippen molar-refractivity contribution in [2.24, 2.45) is 0 Å². The van der Waals surface area contributed by atoms with Gasteiger partial charge in [-0.15, -0.1) is 11.6 Å². The Hall–Kier alpha value is -1.55. The zero-order chi connectivity index (χ0) is 15.4. The lowest BCUT2D eigenvalue weighted by Gasteiger charge is -2.19. The SMILES string of the molecule is CCN(CC)C(=O)CCn1c(C(C)Cl)nc2ccccc21. The van der Waals surface area contributed by atoms with Crippen LogP contribution in [0.4, 0.5) is 0 Å². The first-order chi connectivity index (χ1) is 10.1. The average Bonchev–Trinajstić information content (AvgIpc) is 2.85. The summed E-state index contributed by atoms with van der Waals surface area (Å²) >= 11 is 6.23. The first-order valence-corrected chi connectivity index (χ1v) is 7.89. The van der Waals surface area contributed by atoms with Crippen LogP contribution in [0, 0.1) is 0 Å². The Kier molecular flexibility index (Phi) is 5.23. The minimum Gasteiger partial charge on any atom is -0.343 e. The van der Waals surface area contributed by atoms with Gasteiger partial charge in [-0.1, -0.05) is 12.1 Å². The number of fused-ring (bicyclic) bond motifs is 1. The van der Waals surface area contributed by atoms with Crippen molar-refractivity contribution in [3.8, 4) is 0 Å². The van der Waals surface area contributed by atoms with Gasteiger partial charge >= 0.3 is 0 Å². The molecule has 5 heteroatoms. The van der Waals surface area contributed by atoms with Gasteiger partial charge in [-0.05, 0) is 32.9 Å². The number of hydrogen-bond donors (Lipinski definition) is 0. The van der Waals surface area contributed by atoms with E-state index in [2.05, 4.69) is 9.55 Å². The van der Waals surface area contributed by atoms with Crippen LogP contribution in [-0.4, -0.2) is 33.4 Å². The van der Waals surface area contributed by atoms with Gasteiger partial charge in [-0.3, -0.25) is 4.79 Å². The molecule has 0 bridgehead atoms. The van der Waals surface area contributed by atoms with Gasteiger partial charge in [-0.2, -0.15) is 0 Å². The Morgan fingerprint density at radius 3 is 2.62 bits per heavy atom. The van der Waals surface area contributed by atoms with E-state index in [1.807, 2.05) is 49.9 Å². The fraction of sp³-hybridized carbons (Fsp3) is 0.500. The Labute approximate surface area is 130 Å². The average molecular weight is 308 g/mol. The number of carbonyl (C=O) groups excluding carboxylic acids is 1. The topological polar surface area (TPSA) is 38.1 Å². The number of carbonyl (C=O) groups is 1. The molecule has 1 amide bonds. The number of para-hydroxylation sites is 2. The van der Waals surface area contributed by atoms with Crippen molar-refractivity contribution >= 4 is 28.5 Å². The maximum Gasteiger partial charge on any atom is 0.224 e. The predicted octanol–water partition coefficient (Wildman–Crippen LogP) is 3.59. The van der Waals surface area contributed by atoms with Crippen molar-refractivity contribution in [3.63, 3.8) is 0 Å². The molecule has 1 heterocycles. The van der Waals surface area contributed by atoms with Gasteiger partial charge in [0.15, 0.2) is 0 Å². The molecule has 2 aromatic rings. The molecule has 2 rings (SSSR count). The summed E-state index contributed by atoms with van der Waals surface area (Å²) in [5, 5.41) is -0.180. The second-order valence-corrected chi connectivity index (χ2v) is 5.70. The van der Waals surface area contributed by atoms with Crippen molar-refractivity contribution < 1.29 is 4.79 Å². The third-order valence-electron chi connectivity index (χ3n) is 3.71. The van der Waals surface area contributed by atoms with Crippen LogP contribution in [0.25, 0.3) is 11.0 Å². The monoisotopic (exact) mass is 307 g/mol. The highest BCUT2D eigenvalue weighted by Crippen LogP contribution is 2.24. The van der Waals surface area contributed by atoms with E-state index >= 15 is 0 Å². The highest BCUT2D eigenvalue weighted by atomic mass is 35.5. The van der Waals surface area contributed by atoms with E-state index in [0.29, 0.717) is 13.0 Å². The molecule has 0 saturated carbocycles. The molecule has 1 unspecified atom stereocenters. The van der Waals surface area contributed by atoms with Gasteiger partial charge in [-0.25, -0.2) is 4.98 Å². The number of imidazole rings is 1. The smallest absolute Gasteiger partial charge is 0.224 e. The van der Waals surface area contributed by atoms with Crippen LogP contribution in [0.5, 0.6) is 0 Å². The zero-order valence-electron chi connectivity index (χ0n) is 12.8. The van der Waals surface area contributed by atoms with Crippen molar-refractivity contribution in [1.29, 1.82) is 0 Å². The molecule has 21 heavy (non-hydrogen) atoms. The first kappa shape index (κ1) is 15.8. The van der Waals surface area contributed by atoms with Gasteiger partial charge < -0.3 is 9.47 Å². The Bertz CT molecular complexity index is 617. The molecule has 1 atom stereocenters. The lowest BCUT2D eigenvalue weighted by atomic mass is 10.3. The van der Waals surface area contributed by atoms with Crippen LogP contribution in [0.1, 0.15) is 38.4 Å². The molecule has 0 fully saturated rings. The van der Waals surface area contributed by atoms with E-state index in [4.69, 9.17) is 11.6 Å². The Balaban J connectivity index is 2.25. The predicted molar refractivity (Wildman–Crippen MR) is 86.5 cm³/mol. The van der Waals surface area contributed by atoms with Crippen molar-refractivity contribution in [1.82, 2.24) is 14.5 Å². The van der Waals surface area contributed by atoms with Gasteiger partial charge in [0.2, 0.25) is 5.91 Å². The molecule has 114 valence electrons. The summed E-state index contributed by atoms with van der Waals surface area (Å²) < 4.78 is 2.06. The molecule has 1 aromatic heterocycles. The fourth-order valence-electron chi connectivity index (χ4n) is 2.57. The third kappa shape index (κ3) is 3.38. The minimum absolute atomic E-state index is 0.172. The van der Waals surface area contributed by atoms with Crippen LogP contribution in [-0.2, 0) is 11.3 Å². The van der Waals surface area contributed by atoms with Crippen LogP contribution in [0.15, 0.2) is 24.3 Å². The number of aromatic nitrogens is 2. The number of alkyl halides is 1. The lowest BCUT2D eigenvalue weighted by molar-refractivity contribution is -0.131. The number of amides is 1. The maximum absolute atomic E-state index is 12.2. The largest absolute Gasteiger partial charge is 0.343 e. The van der Waals surface area contributed by atoms with Crippen molar-refractivity contribution in [2.45, 2.75) is 39.1 Å². The van der Waals surface area contributed by atoms with E-state index in [1.54, 1.807) is 0 Å². The number of nitrogens with zero attached hydrogens (tertiary/aromatic N) is 3. The summed E-state index contributed by atoms with van der Waals surface area (Å²) in [6.45, 7) is 8.02. The molecule has 1 aromatic carbocycles. The molecule has 0 saturated heterocycles. The normalized spacial score (nSPS) is 12.6. The van der Waals surface area contributed by atoms with Gasteiger partial charge in [0.05, 0.1) is 16.4 Å². The second-order valence-electron chi connectivity index (χ2n) is 5.04. The lowest BCUT2D eigenvalue weighted by Crippen LogP contribution is -2.31. The fourth-order valence-corrected chi connectivity index (χ4v) is 2.74. The Morgan fingerprint density at radius 1 is 1.33 bits per heavy atom. The number of benzene rings is 1. The summed E-state index contributed by atoms with van der Waals surface area (Å²) in [5.74, 6) is 0.996. The molecule has 0 radical (unpaired) electrons. The molecule has 4 nitrogen and oxygen atoms in total. The molecular weight excluding hydrogens is 286 g/mol. The van der Waals surface area contributed by atoms with Crippen molar-refractivity contribution in [3.05, 3.63) is 30.1 Å². The highest BCUT2D eigenvalue weighted by Gasteiger charge is 2.16. The van der Waals surface area contributed by atoms with E-state index in [9.17, 15) is 4.79 Å². The van der Waals surface area contributed by atoms with E-state index < -0.39 is 0 Å². The van der Waals surface area contributed by atoms with Gasteiger partial charge in [0, 0.05) is 26.1 Å². The number of halogens is 1. The van der Waals surface area contributed by atoms with Crippen LogP contribution < -0.4 is 0 Å².